The van der Waals surface area contributed by atoms with Gasteiger partial charge in [-0.05, 0) is 74.5 Å². The van der Waals surface area contributed by atoms with Crippen LogP contribution >= 0.6 is 11.6 Å². The molecule has 8 heteroatoms. The van der Waals surface area contributed by atoms with E-state index < -0.39 is 0 Å². The van der Waals surface area contributed by atoms with Crippen LogP contribution in [0.1, 0.15) is 23.2 Å². The molecule has 0 bridgehead atoms. The summed E-state index contributed by atoms with van der Waals surface area (Å²) in [5.74, 6) is 0.437. The summed E-state index contributed by atoms with van der Waals surface area (Å²) in [6.45, 7) is 1.89. The average Bonchev–Trinajstić information content (AvgIpc) is 3.22. The van der Waals surface area contributed by atoms with Gasteiger partial charge in [-0.25, -0.2) is 4.52 Å². The van der Waals surface area contributed by atoms with Gasteiger partial charge in [-0.2, -0.15) is 4.98 Å². The summed E-state index contributed by atoms with van der Waals surface area (Å²) in [4.78, 5) is 17.1. The van der Waals surface area contributed by atoms with Crippen LogP contribution in [0.5, 0.6) is 0 Å². The van der Waals surface area contributed by atoms with Gasteiger partial charge in [0.1, 0.15) is 0 Å². The van der Waals surface area contributed by atoms with Crippen molar-refractivity contribution in [3.8, 4) is 11.3 Å². The zero-order valence-electron chi connectivity index (χ0n) is 17.4. The molecular weight excluding hydrogens is 424 g/mol. The first-order chi connectivity index (χ1) is 15.7. The van der Waals surface area contributed by atoms with Gasteiger partial charge in [0.15, 0.2) is 5.65 Å². The number of amides is 1. The van der Waals surface area contributed by atoms with Crippen LogP contribution in [-0.2, 0) is 0 Å². The Bertz CT molecular complexity index is 1250. The number of pyridine rings is 1. The van der Waals surface area contributed by atoms with Gasteiger partial charge in [0.05, 0.1) is 5.69 Å². The van der Waals surface area contributed by atoms with Crippen molar-refractivity contribution in [3.05, 3.63) is 77.3 Å². The molecule has 0 saturated carbocycles. The monoisotopic (exact) mass is 446 g/mol. The Hall–Kier alpha value is -3.42. The Morgan fingerprint density at radius 3 is 2.59 bits per heavy atom. The Balaban J connectivity index is 1.32. The second kappa shape index (κ2) is 8.98. The van der Waals surface area contributed by atoms with Crippen molar-refractivity contribution in [1.29, 1.82) is 0 Å². The van der Waals surface area contributed by atoms with Gasteiger partial charge < -0.3 is 16.0 Å². The van der Waals surface area contributed by atoms with Gasteiger partial charge in [0, 0.05) is 27.9 Å². The first-order valence-electron chi connectivity index (χ1n) is 10.7. The van der Waals surface area contributed by atoms with E-state index in [1.807, 2.05) is 66.7 Å². The molecule has 4 aromatic rings. The van der Waals surface area contributed by atoms with E-state index in [-0.39, 0.29) is 11.9 Å². The van der Waals surface area contributed by atoms with E-state index in [0.29, 0.717) is 16.5 Å². The smallest absolute Gasteiger partial charge is 0.251 e. The predicted molar refractivity (Wildman–Crippen MR) is 127 cm³/mol. The maximum absolute atomic E-state index is 12.5. The zero-order chi connectivity index (χ0) is 21.9. The first-order valence-corrected chi connectivity index (χ1v) is 11.0. The van der Waals surface area contributed by atoms with Gasteiger partial charge in [-0.3, -0.25) is 4.79 Å². The molecule has 0 unspecified atom stereocenters. The lowest BCUT2D eigenvalue weighted by Gasteiger charge is -2.23. The number of carbonyl (C=O) groups excluding carboxylic acids is 1. The molecule has 162 valence electrons. The fourth-order valence-electron chi connectivity index (χ4n) is 3.89. The Morgan fingerprint density at radius 2 is 1.81 bits per heavy atom. The third-order valence-electron chi connectivity index (χ3n) is 5.56. The van der Waals surface area contributed by atoms with Gasteiger partial charge in [-0.1, -0.05) is 29.8 Å². The number of anilines is 2. The predicted octanol–water partition coefficient (Wildman–Crippen LogP) is 4.28. The first kappa shape index (κ1) is 20.5. The number of nitrogens with one attached hydrogen (secondary N) is 3. The third kappa shape index (κ3) is 4.44. The summed E-state index contributed by atoms with van der Waals surface area (Å²) >= 11 is 6.16. The highest BCUT2D eigenvalue weighted by Gasteiger charge is 2.16. The van der Waals surface area contributed by atoms with Gasteiger partial charge in [0.25, 0.3) is 5.91 Å². The molecule has 1 amide bonds. The molecule has 7 nitrogen and oxygen atoms in total. The highest BCUT2D eigenvalue weighted by Crippen LogP contribution is 2.24. The van der Waals surface area contributed by atoms with Gasteiger partial charge >= 0.3 is 0 Å². The number of rotatable bonds is 5. The van der Waals surface area contributed by atoms with Crippen LogP contribution in [0.2, 0.25) is 5.02 Å². The molecule has 1 aliphatic rings. The van der Waals surface area contributed by atoms with Crippen LogP contribution in [0.25, 0.3) is 16.9 Å². The number of halogens is 1. The molecule has 1 fully saturated rings. The van der Waals surface area contributed by atoms with Crippen molar-refractivity contribution in [2.24, 2.45) is 0 Å². The molecule has 3 heterocycles. The molecule has 2 aromatic heterocycles. The molecule has 0 atom stereocenters. The largest absolute Gasteiger partial charge is 0.349 e. The number of nitrogens with zero attached hydrogens (tertiary/aromatic N) is 3. The van der Waals surface area contributed by atoms with Crippen LogP contribution in [0.15, 0.2) is 66.7 Å². The quantitative estimate of drug-likeness (QED) is 0.426. The fourth-order valence-corrected chi connectivity index (χ4v) is 4.08. The number of hydrogen-bond donors (Lipinski definition) is 3. The van der Waals surface area contributed by atoms with E-state index in [2.05, 4.69) is 26.0 Å². The third-order valence-corrected chi connectivity index (χ3v) is 5.79. The summed E-state index contributed by atoms with van der Waals surface area (Å²) in [7, 11) is 0. The van der Waals surface area contributed by atoms with Crippen molar-refractivity contribution in [1.82, 2.24) is 25.2 Å². The molecule has 32 heavy (non-hydrogen) atoms. The van der Waals surface area contributed by atoms with Crippen molar-refractivity contribution in [2.45, 2.75) is 18.9 Å². The highest BCUT2D eigenvalue weighted by molar-refractivity contribution is 6.30. The minimum absolute atomic E-state index is 0.0412. The molecular formula is C24H23ClN6O. The molecule has 2 aromatic carbocycles. The molecule has 5 rings (SSSR count). The summed E-state index contributed by atoms with van der Waals surface area (Å²) < 4.78 is 1.79. The van der Waals surface area contributed by atoms with Crippen LogP contribution in [0.3, 0.4) is 0 Å². The molecule has 3 N–H and O–H groups in total. The van der Waals surface area contributed by atoms with E-state index in [4.69, 9.17) is 11.6 Å². The van der Waals surface area contributed by atoms with E-state index in [9.17, 15) is 4.79 Å². The highest BCUT2D eigenvalue weighted by atomic mass is 35.5. The lowest BCUT2D eigenvalue weighted by Crippen LogP contribution is -2.42. The van der Waals surface area contributed by atoms with Gasteiger partial charge in [-0.15, -0.1) is 5.10 Å². The van der Waals surface area contributed by atoms with Gasteiger partial charge in [0.2, 0.25) is 5.95 Å². The van der Waals surface area contributed by atoms with Crippen molar-refractivity contribution < 1.29 is 4.79 Å². The second-order valence-corrected chi connectivity index (χ2v) is 8.26. The maximum atomic E-state index is 12.5. The topological polar surface area (TPSA) is 83.4 Å². The fraction of sp³-hybridized carbons (Fsp3) is 0.208. The number of hydrogen-bond acceptors (Lipinski definition) is 5. The number of carbonyl (C=O) groups is 1. The lowest BCUT2D eigenvalue weighted by molar-refractivity contribution is 0.0929. The number of fused-ring (bicyclic) bond motifs is 1. The zero-order valence-corrected chi connectivity index (χ0v) is 18.1. The Labute approximate surface area is 190 Å². The number of piperidine rings is 1. The van der Waals surface area contributed by atoms with E-state index >= 15 is 0 Å². The SMILES string of the molecule is O=C(NC1CCNCC1)c1ccc(Nc2nc3cccc(-c4cccc(Cl)c4)n3n2)cc1. The number of aromatic nitrogens is 3. The summed E-state index contributed by atoms with van der Waals surface area (Å²) in [5.41, 5.74) is 4.03. The minimum atomic E-state index is -0.0412. The van der Waals surface area contributed by atoms with E-state index in [1.165, 1.54) is 0 Å². The van der Waals surface area contributed by atoms with Crippen LogP contribution in [-0.4, -0.2) is 39.6 Å². The second-order valence-electron chi connectivity index (χ2n) is 7.83. The molecule has 0 spiro atoms. The molecule has 1 aliphatic heterocycles. The maximum Gasteiger partial charge on any atom is 0.251 e. The van der Waals surface area contributed by atoms with Crippen molar-refractivity contribution in [3.63, 3.8) is 0 Å². The molecule has 0 aliphatic carbocycles. The van der Waals surface area contributed by atoms with Crippen LogP contribution < -0.4 is 16.0 Å². The van der Waals surface area contributed by atoms with Crippen molar-refractivity contribution >= 4 is 34.8 Å². The van der Waals surface area contributed by atoms with E-state index in [0.717, 1.165) is 48.5 Å². The summed E-state index contributed by atoms with van der Waals surface area (Å²) in [6, 6.07) is 21.1. The summed E-state index contributed by atoms with van der Waals surface area (Å²) in [6.07, 6.45) is 1.92. The van der Waals surface area contributed by atoms with E-state index in [1.54, 1.807) is 4.52 Å². The van der Waals surface area contributed by atoms with Crippen molar-refractivity contribution in [2.75, 3.05) is 18.4 Å². The number of benzene rings is 2. The van der Waals surface area contributed by atoms with Crippen LogP contribution in [0, 0.1) is 0 Å². The Morgan fingerprint density at radius 1 is 1.03 bits per heavy atom. The molecule has 1 saturated heterocycles. The standard InChI is InChI=1S/C24H23ClN6O/c25-18-4-1-3-17(15-18)21-5-2-6-22-29-24(30-31(21)22)28-19-9-7-16(8-10-19)23(32)27-20-11-13-26-14-12-20/h1-10,15,20,26H,11-14H2,(H,27,32)(H,28,30). The average molecular weight is 447 g/mol. The minimum Gasteiger partial charge on any atom is -0.349 e. The summed E-state index contributed by atoms with van der Waals surface area (Å²) in [5, 5.41) is 14.9. The Kier molecular flexibility index (Phi) is 5.75. The lowest BCUT2D eigenvalue weighted by atomic mass is 10.1. The normalized spacial score (nSPS) is 14.4. The van der Waals surface area contributed by atoms with Crippen LogP contribution in [0.4, 0.5) is 11.6 Å². The molecule has 0 radical (unpaired) electrons.